The first-order chi connectivity index (χ1) is 10.3. The Balaban J connectivity index is 1.91. The summed E-state index contributed by atoms with van der Waals surface area (Å²) in [6.45, 7) is 0. The summed E-state index contributed by atoms with van der Waals surface area (Å²) >= 11 is 0. The van der Waals surface area contributed by atoms with Gasteiger partial charge in [-0.25, -0.2) is 9.86 Å². The fourth-order valence-electron chi connectivity index (χ4n) is 3.67. The molecular weight excluding hydrogens is 264 g/mol. The number of rotatable bonds is 3. The van der Waals surface area contributed by atoms with Gasteiger partial charge >= 0.3 is 6.03 Å². The van der Waals surface area contributed by atoms with E-state index in [4.69, 9.17) is 10.6 Å². The summed E-state index contributed by atoms with van der Waals surface area (Å²) in [4.78, 5) is 17.9. The number of carbonyl (C=O) groups is 1. The van der Waals surface area contributed by atoms with E-state index in [1.165, 1.54) is 69.3 Å². The highest BCUT2D eigenvalue weighted by Gasteiger charge is 2.26. The van der Waals surface area contributed by atoms with E-state index in [1.807, 2.05) is 0 Å². The normalized spacial score (nSPS) is 23.6. The minimum Gasteiger partial charge on any atom is -0.350 e. The van der Waals surface area contributed by atoms with Crippen LogP contribution in [0.4, 0.5) is 4.79 Å². The van der Waals surface area contributed by atoms with E-state index in [-0.39, 0.29) is 12.1 Å². The number of hydrogen-bond donors (Lipinski definition) is 1. The molecule has 4 heteroatoms. The van der Waals surface area contributed by atoms with Crippen molar-refractivity contribution in [1.82, 2.24) is 5.06 Å². The van der Waals surface area contributed by atoms with Crippen LogP contribution < -0.4 is 5.73 Å². The fourth-order valence-corrected chi connectivity index (χ4v) is 3.67. The van der Waals surface area contributed by atoms with Crippen molar-refractivity contribution in [3.8, 4) is 0 Å². The highest BCUT2D eigenvalue weighted by molar-refractivity contribution is 5.71. The van der Waals surface area contributed by atoms with E-state index in [0.29, 0.717) is 0 Å². The Morgan fingerprint density at radius 1 is 0.762 bits per heavy atom. The van der Waals surface area contributed by atoms with Gasteiger partial charge in [0, 0.05) is 0 Å². The van der Waals surface area contributed by atoms with Gasteiger partial charge in [0.25, 0.3) is 0 Å². The first-order valence-electron chi connectivity index (χ1n) is 9.03. The number of amides is 2. The summed E-state index contributed by atoms with van der Waals surface area (Å²) in [5.41, 5.74) is 5.61. The third kappa shape index (κ3) is 5.85. The smallest absolute Gasteiger partial charge is 0.338 e. The van der Waals surface area contributed by atoms with Crippen molar-refractivity contribution in [1.29, 1.82) is 0 Å². The lowest BCUT2D eigenvalue weighted by molar-refractivity contribution is -0.189. The fraction of sp³-hybridized carbons (Fsp3) is 0.941. The second-order valence-corrected chi connectivity index (χ2v) is 6.74. The molecule has 0 unspecified atom stereocenters. The third-order valence-corrected chi connectivity index (χ3v) is 4.94. The van der Waals surface area contributed by atoms with Crippen LogP contribution in [0.25, 0.3) is 0 Å². The standard InChI is InChI=1S/C17H32N2O2/c18-17(20)19(15-11-7-3-1-4-8-12-15)21-16-13-9-5-2-6-10-14-16/h15-16H,1-14H2,(H2,18,20). The zero-order valence-electron chi connectivity index (χ0n) is 13.4. The number of hydroxylamine groups is 2. The molecule has 0 aromatic rings. The van der Waals surface area contributed by atoms with E-state index in [0.717, 1.165) is 25.7 Å². The van der Waals surface area contributed by atoms with E-state index < -0.39 is 6.03 Å². The molecule has 21 heavy (non-hydrogen) atoms. The van der Waals surface area contributed by atoms with Crippen molar-refractivity contribution in [2.75, 3.05) is 0 Å². The Labute approximate surface area is 129 Å². The Morgan fingerprint density at radius 2 is 1.19 bits per heavy atom. The Bertz CT molecular complexity index is 293. The average Bonchev–Trinajstić information content (AvgIpc) is 2.38. The molecule has 0 aliphatic heterocycles. The van der Waals surface area contributed by atoms with Crippen LogP contribution in [0.2, 0.25) is 0 Å². The maximum absolute atomic E-state index is 11.8. The SMILES string of the molecule is NC(=O)N(OC1CCCCCCC1)C1CCCCCCC1. The van der Waals surface area contributed by atoms with Gasteiger partial charge in [0.2, 0.25) is 0 Å². The van der Waals surface area contributed by atoms with Crippen LogP contribution in [0.1, 0.15) is 89.9 Å². The third-order valence-electron chi connectivity index (χ3n) is 4.94. The summed E-state index contributed by atoms with van der Waals surface area (Å²) in [6.07, 6.45) is 17.0. The van der Waals surface area contributed by atoms with Gasteiger partial charge in [0.15, 0.2) is 0 Å². The Morgan fingerprint density at radius 3 is 1.67 bits per heavy atom. The van der Waals surface area contributed by atoms with E-state index in [9.17, 15) is 4.79 Å². The van der Waals surface area contributed by atoms with Gasteiger partial charge in [-0.1, -0.05) is 64.2 Å². The molecule has 0 aromatic carbocycles. The molecule has 2 amide bonds. The van der Waals surface area contributed by atoms with Gasteiger partial charge in [-0.3, -0.25) is 4.84 Å². The van der Waals surface area contributed by atoms with E-state index >= 15 is 0 Å². The van der Waals surface area contributed by atoms with Crippen LogP contribution in [-0.2, 0) is 4.84 Å². The van der Waals surface area contributed by atoms with Gasteiger partial charge < -0.3 is 5.73 Å². The minimum absolute atomic E-state index is 0.184. The number of nitrogens with zero attached hydrogens (tertiary/aromatic N) is 1. The monoisotopic (exact) mass is 296 g/mol. The zero-order chi connectivity index (χ0) is 14.9. The predicted octanol–water partition coefficient (Wildman–Crippen LogP) is 4.52. The molecule has 0 bridgehead atoms. The Kier molecular flexibility index (Phi) is 7.34. The Hall–Kier alpha value is -0.770. The molecule has 0 radical (unpaired) electrons. The molecule has 0 aromatic heterocycles. The maximum atomic E-state index is 11.8. The van der Waals surface area contributed by atoms with Crippen LogP contribution in [0.5, 0.6) is 0 Å². The summed E-state index contributed by atoms with van der Waals surface area (Å²) in [7, 11) is 0. The molecular formula is C17H32N2O2. The maximum Gasteiger partial charge on any atom is 0.338 e. The lowest BCUT2D eigenvalue weighted by Crippen LogP contribution is -2.46. The van der Waals surface area contributed by atoms with Gasteiger partial charge in [-0.15, -0.1) is 0 Å². The molecule has 2 rings (SSSR count). The van der Waals surface area contributed by atoms with Crippen molar-refractivity contribution in [3.05, 3.63) is 0 Å². The number of nitrogens with two attached hydrogens (primary N) is 1. The number of primary amides is 1. The number of carbonyl (C=O) groups excluding carboxylic acids is 1. The molecule has 2 aliphatic carbocycles. The molecule has 2 N–H and O–H groups in total. The first kappa shape index (κ1) is 16.6. The van der Waals surface area contributed by atoms with Gasteiger partial charge in [0.1, 0.15) is 0 Å². The van der Waals surface area contributed by atoms with Crippen LogP contribution in [0.3, 0.4) is 0 Å². The zero-order valence-corrected chi connectivity index (χ0v) is 13.4. The van der Waals surface area contributed by atoms with Crippen LogP contribution in [0, 0.1) is 0 Å². The summed E-state index contributed by atoms with van der Waals surface area (Å²) in [5, 5.41) is 1.54. The van der Waals surface area contributed by atoms with Gasteiger partial charge in [0.05, 0.1) is 12.1 Å². The highest BCUT2D eigenvalue weighted by atomic mass is 16.7. The van der Waals surface area contributed by atoms with Crippen molar-refractivity contribution in [2.45, 2.75) is 102 Å². The van der Waals surface area contributed by atoms with Crippen LogP contribution in [-0.4, -0.2) is 23.2 Å². The van der Waals surface area contributed by atoms with Crippen LogP contribution in [0.15, 0.2) is 0 Å². The van der Waals surface area contributed by atoms with Crippen molar-refractivity contribution in [2.24, 2.45) is 5.73 Å². The molecule has 2 fully saturated rings. The lowest BCUT2D eigenvalue weighted by Gasteiger charge is -2.34. The average molecular weight is 296 g/mol. The summed E-state index contributed by atoms with van der Waals surface area (Å²) in [5.74, 6) is 0. The number of urea groups is 1. The topological polar surface area (TPSA) is 55.6 Å². The second kappa shape index (κ2) is 9.29. The van der Waals surface area contributed by atoms with Crippen molar-refractivity contribution >= 4 is 6.03 Å². The second-order valence-electron chi connectivity index (χ2n) is 6.74. The molecule has 0 heterocycles. The molecule has 0 saturated heterocycles. The van der Waals surface area contributed by atoms with E-state index in [1.54, 1.807) is 0 Å². The van der Waals surface area contributed by atoms with E-state index in [2.05, 4.69) is 0 Å². The van der Waals surface area contributed by atoms with Crippen molar-refractivity contribution < 1.29 is 9.63 Å². The minimum atomic E-state index is -0.400. The summed E-state index contributed by atoms with van der Waals surface area (Å²) < 4.78 is 0. The van der Waals surface area contributed by atoms with Gasteiger partial charge in [-0.2, -0.15) is 0 Å². The number of hydrogen-bond acceptors (Lipinski definition) is 2. The lowest BCUT2D eigenvalue weighted by atomic mass is 9.96. The predicted molar refractivity (Wildman–Crippen MR) is 84.7 cm³/mol. The van der Waals surface area contributed by atoms with Gasteiger partial charge in [-0.05, 0) is 25.7 Å². The van der Waals surface area contributed by atoms with Crippen LogP contribution >= 0.6 is 0 Å². The summed E-state index contributed by atoms with van der Waals surface area (Å²) in [6, 6.07) is -0.212. The molecule has 122 valence electrons. The van der Waals surface area contributed by atoms with Crippen molar-refractivity contribution in [3.63, 3.8) is 0 Å². The molecule has 0 atom stereocenters. The first-order valence-corrected chi connectivity index (χ1v) is 9.03. The largest absolute Gasteiger partial charge is 0.350 e. The molecule has 4 nitrogen and oxygen atoms in total. The highest BCUT2D eigenvalue weighted by Crippen LogP contribution is 2.25. The molecule has 0 spiro atoms. The molecule has 2 aliphatic rings. The quantitative estimate of drug-likeness (QED) is 0.778. The molecule has 2 saturated carbocycles.